The Morgan fingerprint density at radius 1 is 1.06 bits per heavy atom. The molecule has 2 unspecified atom stereocenters. The van der Waals surface area contributed by atoms with Crippen molar-refractivity contribution in [3.05, 3.63) is 0 Å². The minimum atomic E-state index is -0.532. The Kier molecular flexibility index (Phi) is 22.0. The number of ether oxygens (including phenoxy) is 1. The molecule has 1 aliphatic heterocycles. The number of rotatable bonds is 2. The summed E-state index contributed by atoms with van der Waals surface area (Å²) in [6, 6.07) is 0. The monoisotopic (exact) mass is 448 g/mol. The van der Waals surface area contributed by atoms with E-state index < -0.39 is 11.7 Å². The normalized spacial score (nSPS) is 18.7. The van der Waals surface area contributed by atoms with Crippen molar-refractivity contribution in [2.75, 3.05) is 19.6 Å². The number of carbonyl (C=O) groups is 3. The molecule has 31 heavy (non-hydrogen) atoms. The zero-order valence-electron chi connectivity index (χ0n) is 21.8. The van der Waals surface area contributed by atoms with Crippen LogP contribution in [-0.4, -0.2) is 53.7 Å². The molecule has 2 N–H and O–H groups in total. The zero-order chi connectivity index (χ0) is 25.0. The van der Waals surface area contributed by atoms with E-state index in [4.69, 9.17) is 14.6 Å². The zero-order valence-corrected chi connectivity index (χ0v) is 21.8. The Morgan fingerprint density at radius 3 is 1.74 bits per heavy atom. The van der Waals surface area contributed by atoms with Crippen LogP contribution in [-0.2, 0) is 14.3 Å². The largest absolute Gasteiger partial charge is 0.483 e. The molecule has 2 atom stereocenters. The number of alkyl carbamates (subject to hydrolysis) is 1. The fourth-order valence-electron chi connectivity index (χ4n) is 3.18. The van der Waals surface area contributed by atoms with E-state index in [0.29, 0.717) is 11.8 Å². The van der Waals surface area contributed by atoms with Gasteiger partial charge in [0.25, 0.3) is 6.47 Å². The summed E-state index contributed by atoms with van der Waals surface area (Å²) in [6.07, 6.45) is 4.54. The fraction of sp³-hybridized carbons (Fsp3) is 0.875. The molecule has 1 heterocycles. The molecule has 0 aromatic heterocycles. The number of nitrogens with one attached hydrogen (secondary N) is 1. The van der Waals surface area contributed by atoms with Crippen molar-refractivity contribution >= 4 is 18.5 Å². The highest BCUT2D eigenvalue weighted by atomic mass is 16.6. The van der Waals surface area contributed by atoms with Crippen LogP contribution in [0.1, 0.15) is 96.3 Å². The van der Waals surface area contributed by atoms with Crippen LogP contribution >= 0.6 is 0 Å². The van der Waals surface area contributed by atoms with Gasteiger partial charge in [0.05, 0.1) is 0 Å². The predicted molar refractivity (Wildman–Crippen MR) is 130 cm³/mol. The first-order chi connectivity index (χ1) is 14.5. The number of fused-ring (bicyclic) bond motifs is 1. The minimum absolute atomic E-state index is 0. The molecule has 188 valence electrons. The average Bonchev–Trinajstić information content (AvgIpc) is 3.12. The summed E-state index contributed by atoms with van der Waals surface area (Å²) >= 11 is 0. The molecule has 1 saturated heterocycles. The van der Waals surface area contributed by atoms with Crippen molar-refractivity contribution in [2.45, 2.75) is 101 Å². The highest BCUT2D eigenvalue weighted by Crippen LogP contribution is 2.35. The van der Waals surface area contributed by atoms with Crippen molar-refractivity contribution in [1.29, 1.82) is 0 Å². The predicted octanol–water partition coefficient (Wildman–Crippen LogP) is 5.82. The van der Waals surface area contributed by atoms with E-state index in [2.05, 4.69) is 26.1 Å². The van der Waals surface area contributed by atoms with E-state index in [9.17, 15) is 9.59 Å². The molecule has 1 aliphatic carbocycles. The smallest absolute Gasteiger partial charge is 0.408 e. The summed E-state index contributed by atoms with van der Waals surface area (Å²) in [6.45, 7) is 21.4. The van der Waals surface area contributed by atoms with E-state index in [1.807, 2.05) is 32.6 Å². The average molecular weight is 449 g/mol. The highest BCUT2D eigenvalue weighted by molar-refractivity contribution is 5.82. The van der Waals surface area contributed by atoms with Crippen molar-refractivity contribution in [2.24, 2.45) is 17.8 Å². The number of likely N-dealkylation sites (tertiary alicyclic amines) is 1. The van der Waals surface area contributed by atoms with Crippen LogP contribution in [0.4, 0.5) is 4.79 Å². The van der Waals surface area contributed by atoms with Crippen LogP contribution in [0.2, 0.25) is 0 Å². The molecule has 0 radical (unpaired) electrons. The van der Waals surface area contributed by atoms with Gasteiger partial charge in [-0.25, -0.2) is 4.79 Å². The number of hydrogen-bond donors (Lipinski definition) is 2. The third-order valence-electron chi connectivity index (χ3n) is 4.11. The second kappa shape index (κ2) is 20.1. The molecule has 0 aromatic rings. The van der Waals surface area contributed by atoms with Crippen molar-refractivity contribution in [3.63, 3.8) is 0 Å². The van der Waals surface area contributed by atoms with E-state index in [1.165, 1.54) is 25.7 Å². The van der Waals surface area contributed by atoms with E-state index >= 15 is 0 Å². The summed E-state index contributed by atoms with van der Waals surface area (Å²) in [5.74, 6) is 2.19. The van der Waals surface area contributed by atoms with Gasteiger partial charge < -0.3 is 20.1 Å². The summed E-state index contributed by atoms with van der Waals surface area (Å²) < 4.78 is 5.12. The van der Waals surface area contributed by atoms with Crippen LogP contribution in [0, 0.1) is 17.8 Å². The van der Waals surface area contributed by atoms with Gasteiger partial charge in [-0.05, 0) is 51.4 Å². The maximum Gasteiger partial charge on any atom is 0.408 e. The van der Waals surface area contributed by atoms with Crippen molar-refractivity contribution in [1.82, 2.24) is 10.2 Å². The molecule has 2 fully saturated rings. The van der Waals surface area contributed by atoms with Crippen LogP contribution in [0.5, 0.6) is 0 Å². The first-order valence-corrected chi connectivity index (χ1v) is 11.8. The lowest BCUT2D eigenvalue weighted by Gasteiger charge is -2.22. The van der Waals surface area contributed by atoms with E-state index in [-0.39, 0.29) is 20.4 Å². The molecule has 0 bridgehead atoms. The Labute approximate surface area is 192 Å². The Bertz CT molecular complexity index is 451. The lowest BCUT2D eigenvalue weighted by Crippen LogP contribution is -2.41. The topological polar surface area (TPSA) is 95.9 Å². The summed E-state index contributed by atoms with van der Waals surface area (Å²) in [5.41, 5.74) is -0.532. The van der Waals surface area contributed by atoms with Gasteiger partial charge in [0.15, 0.2) is 0 Å². The minimum Gasteiger partial charge on any atom is -0.483 e. The molecule has 2 amide bonds. The Balaban J connectivity index is -0.000000279. The number of amides is 2. The van der Waals surface area contributed by atoms with E-state index in [1.54, 1.807) is 20.8 Å². The first-order valence-electron chi connectivity index (χ1n) is 11.8. The number of nitrogens with zero attached hydrogens (tertiary/aromatic N) is 1. The fourth-order valence-corrected chi connectivity index (χ4v) is 3.18. The maximum atomic E-state index is 12.1. The molecule has 7 heteroatoms. The van der Waals surface area contributed by atoms with Gasteiger partial charge in [-0.2, -0.15) is 0 Å². The molecule has 0 aromatic carbocycles. The molecule has 2 aliphatic rings. The quantitative estimate of drug-likeness (QED) is 0.519. The summed E-state index contributed by atoms with van der Waals surface area (Å²) in [5, 5.41) is 9.43. The second-order valence-corrected chi connectivity index (χ2v) is 8.80. The second-order valence-electron chi connectivity index (χ2n) is 8.80. The SMILES string of the molecule is CC.CC.CC(C)(C)OC(=O)NCC(=O)N1CC2CCCCC2C1.CC(C)C.O=CO.[HH]. The summed E-state index contributed by atoms with van der Waals surface area (Å²) in [7, 11) is 0. The van der Waals surface area contributed by atoms with Gasteiger partial charge >= 0.3 is 6.09 Å². The van der Waals surface area contributed by atoms with Gasteiger partial charge in [0.1, 0.15) is 12.1 Å². The van der Waals surface area contributed by atoms with Crippen molar-refractivity contribution < 1.29 is 25.7 Å². The van der Waals surface area contributed by atoms with E-state index in [0.717, 1.165) is 19.0 Å². The van der Waals surface area contributed by atoms with Crippen LogP contribution < -0.4 is 5.32 Å². The van der Waals surface area contributed by atoms with Gasteiger partial charge in [-0.1, -0.05) is 61.3 Å². The molecular weight excluding hydrogens is 396 g/mol. The lowest BCUT2D eigenvalue weighted by atomic mass is 9.82. The van der Waals surface area contributed by atoms with Crippen LogP contribution in [0.15, 0.2) is 0 Å². The van der Waals surface area contributed by atoms with Crippen molar-refractivity contribution in [3.8, 4) is 0 Å². The van der Waals surface area contributed by atoms with Gasteiger partial charge in [0.2, 0.25) is 5.91 Å². The molecule has 7 nitrogen and oxygen atoms in total. The molecular formula is C24H52N2O5. The van der Waals surface area contributed by atoms with Gasteiger partial charge in [0, 0.05) is 14.5 Å². The first kappa shape index (κ1) is 33.8. The number of carboxylic acid groups (broad SMARTS) is 1. The molecule has 1 saturated carbocycles. The Morgan fingerprint density at radius 2 is 1.42 bits per heavy atom. The van der Waals surface area contributed by atoms with Crippen LogP contribution in [0.25, 0.3) is 0 Å². The lowest BCUT2D eigenvalue weighted by molar-refractivity contribution is -0.129. The molecule has 2 rings (SSSR count). The van der Waals surface area contributed by atoms with Gasteiger partial charge in [-0.15, -0.1) is 0 Å². The number of hydrogen-bond acceptors (Lipinski definition) is 4. The maximum absolute atomic E-state index is 12.1. The third kappa shape index (κ3) is 19.9. The Hall–Kier alpha value is -1.79. The van der Waals surface area contributed by atoms with Crippen LogP contribution in [0.3, 0.4) is 0 Å². The standard InChI is InChI=1S/C15H26N2O3.C4H10.2C2H6.CH2O2.H2/c1-15(2,3)20-14(19)16-8-13(18)17-9-11-6-4-5-7-12(11)10-17;1-4(2)3;2*1-2;2-1-3;/h11-12H,4-10H2,1-3H3,(H,16,19);4H,1-3H3;2*1-2H3;1H,(H,2,3);1H. The highest BCUT2D eigenvalue weighted by Gasteiger charge is 2.36. The third-order valence-corrected chi connectivity index (χ3v) is 4.11. The molecule has 0 spiro atoms. The summed E-state index contributed by atoms with van der Waals surface area (Å²) in [4.78, 5) is 33.9. The number of carbonyl (C=O) groups excluding carboxylic acids is 2. The van der Waals surface area contributed by atoms with Gasteiger partial charge in [-0.3, -0.25) is 9.59 Å².